The van der Waals surface area contributed by atoms with Gasteiger partial charge >= 0.3 is 0 Å². The molecule has 0 unspecified atom stereocenters. The summed E-state index contributed by atoms with van der Waals surface area (Å²) in [5.41, 5.74) is 0.565. The molecule has 0 amide bonds. The standard InChI is InChI=1S/C19H22O2/c1-21-19(12-5-2-6-13-19)18(20)14-16-10-7-9-15-8-3-4-11-17(15)16/h3-4,7-11H,2,5-6,12-14H2,1H3. The summed E-state index contributed by atoms with van der Waals surface area (Å²) in [6.45, 7) is 0. The zero-order valence-corrected chi connectivity index (χ0v) is 12.6. The second-order valence-corrected chi connectivity index (χ2v) is 6.00. The van der Waals surface area contributed by atoms with Crippen molar-refractivity contribution in [2.75, 3.05) is 7.11 Å². The number of ketones is 1. The molecule has 0 spiro atoms. The number of ether oxygens (including phenoxy) is 1. The molecular formula is C19H22O2. The average Bonchev–Trinajstić information content (AvgIpc) is 2.56. The van der Waals surface area contributed by atoms with Crippen molar-refractivity contribution in [2.24, 2.45) is 0 Å². The Morgan fingerprint density at radius 3 is 2.52 bits per heavy atom. The third-order valence-corrected chi connectivity index (χ3v) is 4.79. The van der Waals surface area contributed by atoms with E-state index in [9.17, 15) is 4.79 Å². The van der Waals surface area contributed by atoms with Gasteiger partial charge in [0.15, 0.2) is 5.78 Å². The van der Waals surface area contributed by atoms with Crippen LogP contribution in [0.2, 0.25) is 0 Å². The molecule has 110 valence electrons. The van der Waals surface area contributed by atoms with E-state index in [4.69, 9.17) is 4.74 Å². The summed E-state index contributed by atoms with van der Waals surface area (Å²) in [6.07, 6.45) is 5.60. The molecule has 0 heterocycles. The lowest BCUT2D eigenvalue weighted by molar-refractivity contribution is -0.144. The van der Waals surface area contributed by atoms with Gasteiger partial charge in [-0.15, -0.1) is 0 Å². The van der Waals surface area contributed by atoms with E-state index in [0.29, 0.717) is 6.42 Å². The molecule has 0 N–H and O–H groups in total. The molecule has 1 aliphatic carbocycles. The highest BCUT2D eigenvalue weighted by molar-refractivity contribution is 5.94. The number of hydrogen-bond donors (Lipinski definition) is 0. The van der Waals surface area contributed by atoms with Crippen LogP contribution in [0.1, 0.15) is 37.7 Å². The highest BCUT2D eigenvalue weighted by Crippen LogP contribution is 2.33. The number of rotatable bonds is 4. The van der Waals surface area contributed by atoms with Crippen LogP contribution >= 0.6 is 0 Å². The Bertz CT molecular complexity index is 634. The van der Waals surface area contributed by atoms with Gasteiger partial charge in [0.05, 0.1) is 0 Å². The summed E-state index contributed by atoms with van der Waals surface area (Å²) in [4.78, 5) is 12.8. The van der Waals surface area contributed by atoms with E-state index >= 15 is 0 Å². The van der Waals surface area contributed by atoms with E-state index in [1.807, 2.05) is 18.2 Å². The lowest BCUT2D eigenvalue weighted by atomic mass is 9.79. The maximum absolute atomic E-state index is 12.8. The first-order valence-corrected chi connectivity index (χ1v) is 7.80. The maximum atomic E-state index is 12.8. The van der Waals surface area contributed by atoms with Crippen molar-refractivity contribution in [1.82, 2.24) is 0 Å². The fourth-order valence-electron chi connectivity index (χ4n) is 3.50. The minimum atomic E-state index is -0.546. The van der Waals surface area contributed by atoms with Crippen molar-refractivity contribution in [2.45, 2.75) is 44.1 Å². The largest absolute Gasteiger partial charge is 0.370 e. The number of benzene rings is 2. The first-order chi connectivity index (χ1) is 10.2. The maximum Gasteiger partial charge on any atom is 0.168 e. The van der Waals surface area contributed by atoms with E-state index in [0.717, 1.165) is 31.2 Å². The summed E-state index contributed by atoms with van der Waals surface area (Å²) in [6, 6.07) is 14.4. The Balaban J connectivity index is 1.89. The normalized spacial score (nSPS) is 17.8. The Hall–Kier alpha value is -1.67. The fourth-order valence-corrected chi connectivity index (χ4v) is 3.50. The van der Waals surface area contributed by atoms with Crippen molar-refractivity contribution in [3.05, 3.63) is 48.0 Å². The number of hydrogen-bond acceptors (Lipinski definition) is 2. The smallest absolute Gasteiger partial charge is 0.168 e. The van der Waals surface area contributed by atoms with E-state index in [1.165, 1.54) is 17.2 Å². The molecule has 2 nitrogen and oxygen atoms in total. The summed E-state index contributed by atoms with van der Waals surface area (Å²) in [5.74, 6) is 0.237. The number of Topliss-reactive ketones (excluding diaryl/α,β-unsaturated/α-hetero) is 1. The van der Waals surface area contributed by atoms with Gasteiger partial charge in [0.25, 0.3) is 0 Å². The topological polar surface area (TPSA) is 26.3 Å². The number of carbonyl (C=O) groups excluding carboxylic acids is 1. The SMILES string of the molecule is COC1(C(=O)Cc2cccc3ccccc23)CCCCC1. The molecular weight excluding hydrogens is 260 g/mol. The third kappa shape index (κ3) is 2.73. The summed E-state index contributed by atoms with van der Waals surface area (Å²) < 4.78 is 5.68. The van der Waals surface area contributed by atoms with Crippen LogP contribution < -0.4 is 0 Å². The molecule has 0 radical (unpaired) electrons. The second kappa shape index (κ2) is 5.98. The molecule has 2 aromatic carbocycles. The molecule has 1 saturated carbocycles. The molecule has 0 atom stereocenters. The third-order valence-electron chi connectivity index (χ3n) is 4.79. The van der Waals surface area contributed by atoms with Crippen LogP contribution in [0.3, 0.4) is 0 Å². The minimum Gasteiger partial charge on any atom is -0.370 e. The molecule has 2 heteroatoms. The zero-order chi connectivity index (χ0) is 14.7. The highest BCUT2D eigenvalue weighted by atomic mass is 16.5. The van der Waals surface area contributed by atoms with Gasteiger partial charge in [-0.2, -0.15) is 0 Å². The predicted molar refractivity (Wildman–Crippen MR) is 85.5 cm³/mol. The predicted octanol–water partition coefficient (Wildman–Crippen LogP) is 4.30. The molecule has 0 aliphatic heterocycles. The molecule has 0 aromatic heterocycles. The van der Waals surface area contributed by atoms with Crippen LogP contribution in [0, 0.1) is 0 Å². The molecule has 0 bridgehead atoms. The number of carbonyl (C=O) groups is 1. The van der Waals surface area contributed by atoms with Crippen molar-refractivity contribution in [3.63, 3.8) is 0 Å². The number of fused-ring (bicyclic) bond motifs is 1. The van der Waals surface area contributed by atoms with Crippen LogP contribution in [0.5, 0.6) is 0 Å². The Labute approximate surface area is 126 Å². The van der Waals surface area contributed by atoms with Gasteiger partial charge in [-0.05, 0) is 29.2 Å². The van der Waals surface area contributed by atoms with Gasteiger partial charge < -0.3 is 4.74 Å². The lowest BCUT2D eigenvalue weighted by Crippen LogP contribution is -2.43. The molecule has 3 rings (SSSR count). The average molecular weight is 282 g/mol. The van der Waals surface area contributed by atoms with Crippen LogP contribution in [0.4, 0.5) is 0 Å². The molecule has 21 heavy (non-hydrogen) atoms. The quantitative estimate of drug-likeness (QED) is 0.835. The molecule has 2 aromatic rings. The molecule has 1 fully saturated rings. The van der Waals surface area contributed by atoms with Crippen molar-refractivity contribution in [3.8, 4) is 0 Å². The van der Waals surface area contributed by atoms with Gasteiger partial charge in [-0.25, -0.2) is 0 Å². The highest BCUT2D eigenvalue weighted by Gasteiger charge is 2.38. The monoisotopic (exact) mass is 282 g/mol. The van der Waals surface area contributed by atoms with Crippen molar-refractivity contribution < 1.29 is 9.53 Å². The fraction of sp³-hybridized carbons (Fsp3) is 0.421. The van der Waals surface area contributed by atoms with Crippen LogP contribution in [0.25, 0.3) is 10.8 Å². The van der Waals surface area contributed by atoms with Crippen molar-refractivity contribution >= 4 is 16.6 Å². The lowest BCUT2D eigenvalue weighted by Gasteiger charge is -2.34. The van der Waals surface area contributed by atoms with E-state index < -0.39 is 5.60 Å². The Kier molecular flexibility index (Phi) is 4.07. The summed E-state index contributed by atoms with van der Waals surface area (Å²) in [5, 5.41) is 2.37. The van der Waals surface area contributed by atoms with Gasteiger partial charge in [-0.1, -0.05) is 61.7 Å². The Morgan fingerprint density at radius 1 is 1.05 bits per heavy atom. The van der Waals surface area contributed by atoms with E-state index in [-0.39, 0.29) is 5.78 Å². The van der Waals surface area contributed by atoms with E-state index in [1.54, 1.807) is 7.11 Å². The first-order valence-electron chi connectivity index (χ1n) is 7.80. The zero-order valence-electron chi connectivity index (χ0n) is 12.6. The summed E-state index contributed by atoms with van der Waals surface area (Å²) in [7, 11) is 1.69. The van der Waals surface area contributed by atoms with Gasteiger partial charge in [-0.3, -0.25) is 4.79 Å². The van der Waals surface area contributed by atoms with Gasteiger partial charge in [0.2, 0.25) is 0 Å². The Morgan fingerprint density at radius 2 is 1.76 bits per heavy atom. The van der Waals surface area contributed by atoms with Crippen molar-refractivity contribution in [1.29, 1.82) is 0 Å². The minimum absolute atomic E-state index is 0.237. The van der Waals surface area contributed by atoms with Crippen LogP contribution in [0.15, 0.2) is 42.5 Å². The van der Waals surface area contributed by atoms with Gasteiger partial charge in [0.1, 0.15) is 5.60 Å². The molecule has 0 saturated heterocycles. The van der Waals surface area contributed by atoms with Crippen LogP contribution in [-0.4, -0.2) is 18.5 Å². The number of methoxy groups -OCH3 is 1. The van der Waals surface area contributed by atoms with E-state index in [2.05, 4.69) is 24.3 Å². The van der Waals surface area contributed by atoms with Gasteiger partial charge in [0, 0.05) is 13.5 Å². The molecule has 1 aliphatic rings. The summed E-state index contributed by atoms with van der Waals surface area (Å²) >= 11 is 0. The second-order valence-electron chi connectivity index (χ2n) is 6.00. The first kappa shape index (κ1) is 14.3. The van der Waals surface area contributed by atoms with Crippen LogP contribution in [-0.2, 0) is 16.0 Å².